The van der Waals surface area contributed by atoms with Gasteiger partial charge in [-0.05, 0) is 37.5 Å². The number of carbonyl (C=O) groups is 2. The zero-order valence-electron chi connectivity index (χ0n) is 18.3. The van der Waals surface area contributed by atoms with E-state index < -0.39 is 39.3 Å². The Balaban J connectivity index is 1.41. The maximum Gasteiger partial charge on any atom is 0.332 e. The number of amides is 1. The predicted octanol–water partition coefficient (Wildman–Crippen LogP) is 4.89. The normalized spacial score (nSPS) is 31.3. The lowest BCUT2D eigenvalue weighted by atomic mass is 9.95. The number of hydrogen-bond donors (Lipinski definition) is 0. The van der Waals surface area contributed by atoms with Crippen molar-refractivity contribution < 1.29 is 19.1 Å². The van der Waals surface area contributed by atoms with Crippen LogP contribution in [0.5, 0.6) is 0 Å². The Morgan fingerprint density at radius 2 is 1.97 bits per heavy atom. The summed E-state index contributed by atoms with van der Waals surface area (Å²) in [5.41, 5.74) is 0.703. The van der Waals surface area contributed by atoms with Gasteiger partial charge >= 0.3 is 5.97 Å². The minimum Gasteiger partial charge on any atom is -0.434 e. The van der Waals surface area contributed by atoms with Crippen molar-refractivity contribution >= 4 is 62.8 Å². The van der Waals surface area contributed by atoms with Gasteiger partial charge in [0.1, 0.15) is 16.6 Å². The topological polar surface area (TPSA) is 68.2 Å². The number of benzene rings is 2. The first kappa shape index (κ1) is 23.0. The van der Waals surface area contributed by atoms with Crippen LogP contribution >= 0.6 is 35.0 Å². The maximum atomic E-state index is 13.3. The monoisotopic (exact) mass is 506 g/mol. The molecule has 0 N–H and O–H groups in total. The highest BCUT2D eigenvalue weighted by atomic mass is 35.5. The number of fused-ring (bicyclic) bond motifs is 2. The summed E-state index contributed by atoms with van der Waals surface area (Å²) in [6.45, 7) is 4.38. The third-order valence-electron chi connectivity index (χ3n) is 6.35. The summed E-state index contributed by atoms with van der Waals surface area (Å²) in [6.07, 6.45) is 1.99. The summed E-state index contributed by atoms with van der Waals surface area (Å²) >= 11 is 14.8. The fourth-order valence-electron chi connectivity index (χ4n) is 4.69. The fraction of sp³-hybridized carbons (Fsp3) is 0.458. The van der Waals surface area contributed by atoms with Crippen molar-refractivity contribution in [2.75, 3.05) is 6.61 Å². The average Bonchev–Trinajstić information content (AvgIpc) is 3.08. The molecule has 3 heterocycles. The Morgan fingerprint density at radius 1 is 1.21 bits per heavy atom. The maximum absolute atomic E-state index is 13.3. The number of nitrogens with zero attached hydrogens (tertiary/aromatic N) is 2. The van der Waals surface area contributed by atoms with Crippen LogP contribution in [0.15, 0.2) is 47.5 Å². The number of esters is 1. The third kappa shape index (κ3) is 3.83. The van der Waals surface area contributed by atoms with Crippen LogP contribution in [-0.2, 0) is 19.1 Å². The number of rotatable bonds is 4. The molecule has 1 unspecified atom stereocenters. The molecule has 0 spiro atoms. The molecule has 2 aromatic rings. The van der Waals surface area contributed by atoms with Gasteiger partial charge in [0.05, 0.1) is 6.61 Å². The Bertz CT molecular complexity index is 1140. The molecular weight excluding hydrogens is 483 g/mol. The Hall–Kier alpha value is -1.80. The van der Waals surface area contributed by atoms with Gasteiger partial charge in [-0.2, -0.15) is 0 Å². The Kier molecular flexibility index (Phi) is 5.88. The van der Waals surface area contributed by atoms with E-state index in [1.165, 1.54) is 16.7 Å². The first-order valence-electron chi connectivity index (χ1n) is 11.0. The van der Waals surface area contributed by atoms with Crippen LogP contribution < -0.4 is 0 Å². The molecule has 3 aliphatic heterocycles. The summed E-state index contributed by atoms with van der Waals surface area (Å²) in [5, 5.41) is 1.56. The minimum absolute atomic E-state index is 0.162. The highest BCUT2D eigenvalue weighted by Crippen LogP contribution is 2.58. The SMILES string of the molecule is CC1(C)S[C@H]2N(C(=O)[C@@]2(Cl)N=C(Cl)c2cccc3ccccc23)[C@H]1C(=O)OC1CCCCO1. The molecule has 9 heteroatoms. The van der Waals surface area contributed by atoms with E-state index in [9.17, 15) is 9.59 Å². The van der Waals surface area contributed by atoms with E-state index in [4.69, 9.17) is 32.7 Å². The minimum atomic E-state index is -1.58. The molecule has 2 aromatic carbocycles. The van der Waals surface area contributed by atoms with E-state index in [0.29, 0.717) is 18.6 Å². The Morgan fingerprint density at radius 3 is 2.73 bits per heavy atom. The molecule has 5 rings (SSSR count). The van der Waals surface area contributed by atoms with Gasteiger partial charge < -0.3 is 14.4 Å². The molecule has 3 fully saturated rings. The zero-order valence-corrected chi connectivity index (χ0v) is 20.6. The first-order valence-corrected chi connectivity index (χ1v) is 12.6. The molecule has 0 radical (unpaired) electrons. The lowest BCUT2D eigenvalue weighted by Crippen LogP contribution is -2.70. The van der Waals surface area contributed by atoms with Crippen molar-refractivity contribution in [1.29, 1.82) is 0 Å². The quantitative estimate of drug-likeness (QED) is 0.194. The predicted molar refractivity (Wildman–Crippen MR) is 131 cm³/mol. The van der Waals surface area contributed by atoms with E-state index in [-0.39, 0.29) is 5.17 Å². The van der Waals surface area contributed by atoms with Crippen molar-refractivity contribution in [1.82, 2.24) is 4.90 Å². The van der Waals surface area contributed by atoms with Gasteiger partial charge in [-0.3, -0.25) is 4.79 Å². The lowest BCUT2D eigenvalue weighted by Gasteiger charge is -2.47. The fourth-order valence-corrected chi connectivity index (χ4v) is 7.01. The summed E-state index contributed by atoms with van der Waals surface area (Å²) in [7, 11) is 0. The van der Waals surface area contributed by atoms with Crippen LogP contribution in [0.4, 0.5) is 0 Å². The van der Waals surface area contributed by atoms with E-state index in [1.807, 2.05) is 56.3 Å². The Labute approximate surface area is 206 Å². The van der Waals surface area contributed by atoms with Crippen molar-refractivity contribution in [3.8, 4) is 0 Å². The second-order valence-electron chi connectivity index (χ2n) is 9.02. The van der Waals surface area contributed by atoms with Crippen LogP contribution in [0.25, 0.3) is 10.8 Å². The molecule has 3 aliphatic rings. The van der Waals surface area contributed by atoms with Gasteiger partial charge in [0.15, 0.2) is 0 Å². The number of thioether (sulfide) groups is 1. The van der Waals surface area contributed by atoms with E-state index in [1.54, 1.807) is 0 Å². The standard InChI is InChI=1S/C24H24Cl2N2O4S/c1-23(2)18(20(29)32-17-12-5-6-13-31-17)28-21(30)24(26,22(28)33-23)27-19(25)16-11-7-9-14-8-3-4-10-15(14)16/h3-4,7-11,17-18,22H,5-6,12-13H2,1-2H3/t17?,18-,22+,24+/m0/s1. The highest BCUT2D eigenvalue weighted by Gasteiger charge is 2.72. The number of carbonyl (C=O) groups excluding carboxylic acids is 2. The van der Waals surface area contributed by atoms with Crippen LogP contribution in [-0.4, -0.2) is 56.0 Å². The molecule has 6 nitrogen and oxygen atoms in total. The second-order valence-corrected chi connectivity index (χ2v) is 11.7. The van der Waals surface area contributed by atoms with E-state index in [2.05, 4.69) is 4.99 Å². The van der Waals surface area contributed by atoms with Crippen molar-refractivity contribution in [3.63, 3.8) is 0 Å². The van der Waals surface area contributed by atoms with Crippen LogP contribution in [0.2, 0.25) is 0 Å². The summed E-state index contributed by atoms with van der Waals surface area (Å²) in [4.78, 5) is 30.7. The van der Waals surface area contributed by atoms with Crippen molar-refractivity contribution in [2.45, 2.75) is 60.6 Å². The first-order chi connectivity index (χ1) is 15.7. The van der Waals surface area contributed by atoms with E-state index >= 15 is 0 Å². The zero-order chi connectivity index (χ0) is 23.4. The molecule has 1 amide bonds. The van der Waals surface area contributed by atoms with Crippen LogP contribution in [0.1, 0.15) is 38.7 Å². The highest BCUT2D eigenvalue weighted by molar-refractivity contribution is 8.01. The lowest BCUT2D eigenvalue weighted by molar-refractivity contribution is -0.196. The van der Waals surface area contributed by atoms with Crippen LogP contribution in [0.3, 0.4) is 0 Å². The second kappa shape index (κ2) is 8.45. The number of alkyl halides is 1. The molecule has 4 atom stereocenters. The molecule has 0 saturated carbocycles. The number of β-lactam (4-membered cyclic amide) rings is 1. The molecule has 0 bridgehead atoms. The smallest absolute Gasteiger partial charge is 0.332 e. The summed E-state index contributed by atoms with van der Waals surface area (Å²) in [5.74, 6) is -0.921. The van der Waals surface area contributed by atoms with Gasteiger partial charge in [0.25, 0.3) is 5.91 Å². The summed E-state index contributed by atoms with van der Waals surface area (Å²) < 4.78 is 10.5. The molecular formula is C24H24Cl2N2O4S. The molecule has 0 aromatic heterocycles. The summed E-state index contributed by atoms with van der Waals surface area (Å²) in [6, 6.07) is 12.7. The van der Waals surface area contributed by atoms with Crippen molar-refractivity contribution in [2.24, 2.45) is 4.99 Å². The van der Waals surface area contributed by atoms with Gasteiger partial charge in [0, 0.05) is 16.7 Å². The number of hydrogen-bond acceptors (Lipinski definition) is 6. The van der Waals surface area contributed by atoms with Gasteiger partial charge in [-0.15, -0.1) is 11.8 Å². The molecule has 0 aliphatic carbocycles. The van der Waals surface area contributed by atoms with Gasteiger partial charge in [-0.1, -0.05) is 65.7 Å². The van der Waals surface area contributed by atoms with Gasteiger partial charge in [0.2, 0.25) is 11.3 Å². The largest absolute Gasteiger partial charge is 0.434 e. The molecule has 3 saturated heterocycles. The van der Waals surface area contributed by atoms with E-state index in [0.717, 1.165) is 23.6 Å². The van der Waals surface area contributed by atoms with Crippen molar-refractivity contribution in [3.05, 3.63) is 48.0 Å². The van der Waals surface area contributed by atoms with Gasteiger partial charge in [-0.25, -0.2) is 9.79 Å². The third-order valence-corrected chi connectivity index (χ3v) is 8.84. The molecule has 174 valence electrons. The van der Waals surface area contributed by atoms with Crippen LogP contribution in [0, 0.1) is 0 Å². The average molecular weight is 507 g/mol. The molecule has 33 heavy (non-hydrogen) atoms. The number of halogens is 2. The number of ether oxygens (including phenoxy) is 2. The number of aliphatic imine (C=N–C) groups is 1.